The minimum absolute atomic E-state index is 0.493. The van der Waals surface area contributed by atoms with Gasteiger partial charge < -0.3 is 10.6 Å². The van der Waals surface area contributed by atoms with Crippen LogP contribution in [0.2, 0.25) is 5.15 Å². The van der Waals surface area contributed by atoms with Gasteiger partial charge in [-0.2, -0.15) is 0 Å². The van der Waals surface area contributed by atoms with Crippen LogP contribution in [0.15, 0.2) is 47.6 Å². The third kappa shape index (κ3) is 5.69. The minimum atomic E-state index is 0.493. The summed E-state index contributed by atoms with van der Waals surface area (Å²) in [6.07, 6.45) is 4.95. The van der Waals surface area contributed by atoms with Crippen LogP contribution >= 0.6 is 11.6 Å². The SMILES string of the molecule is CCC(CNC(=NC)NCCc1ccc(Cl)nc1)N1CCc2ccccc2C1. The van der Waals surface area contributed by atoms with Crippen LogP contribution in [0.25, 0.3) is 0 Å². The lowest BCUT2D eigenvalue weighted by Crippen LogP contribution is -2.48. The Morgan fingerprint density at radius 1 is 1.21 bits per heavy atom. The van der Waals surface area contributed by atoms with Crippen molar-refractivity contribution in [2.24, 2.45) is 4.99 Å². The topological polar surface area (TPSA) is 52.6 Å². The Hall–Kier alpha value is -2.11. The highest BCUT2D eigenvalue weighted by Crippen LogP contribution is 2.21. The van der Waals surface area contributed by atoms with Crippen molar-refractivity contribution in [1.29, 1.82) is 0 Å². The first kappa shape index (κ1) is 20.6. The first-order valence-corrected chi connectivity index (χ1v) is 10.4. The number of rotatable bonds is 7. The molecule has 1 aliphatic heterocycles. The number of hydrogen-bond donors (Lipinski definition) is 2. The molecule has 0 bridgehead atoms. The number of hydrogen-bond acceptors (Lipinski definition) is 3. The summed E-state index contributed by atoms with van der Waals surface area (Å²) in [4.78, 5) is 11.1. The van der Waals surface area contributed by atoms with E-state index in [0.717, 1.165) is 57.0 Å². The van der Waals surface area contributed by atoms with E-state index in [9.17, 15) is 0 Å². The molecule has 1 aliphatic rings. The second-order valence-electron chi connectivity index (χ2n) is 7.17. The van der Waals surface area contributed by atoms with Crippen LogP contribution in [-0.4, -0.2) is 48.6 Å². The summed E-state index contributed by atoms with van der Waals surface area (Å²) in [6.45, 7) is 6.10. The van der Waals surface area contributed by atoms with Gasteiger partial charge in [-0.05, 0) is 42.0 Å². The Morgan fingerprint density at radius 2 is 2.04 bits per heavy atom. The van der Waals surface area contributed by atoms with Gasteiger partial charge in [0.2, 0.25) is 0 Å². The van der Waals surface area contributed by atoms with Gasteiger partial charge in [-0.25, -0.2) is 4.98 Å². The monoisotopic (exact) mass is 399 g/mol. The van der Waals surface area contributed by atoms with E-state index in [2.05, 4.69) is 56.7 Å². The lowest BCUT2D eigenvalue weighted by molar-refractivity contribution is 0.174. The van der Waals surface area contributed by atoms with Crippen molar-refractivity contribution in [2.75, 3.05) is 26.7 Å². The Bertz CT molecular complexity index is 775. The largest absolute Gasteiger partial charge is 0.356 e. The number of guanidine groups is 1. The number of pyridine rings is 1. The summed E-state index contributed by atoms with van der Waals surface area (Å²) in [5.74, 6) is 0.845. The molecular weight excluding hydrogens is 370 g/mol. The zero-order valence-electron chi connectivity index (χ0n) is 16.8. The molecule has 0 radical (unpaired) electrons. The smallest absolute Gasteiger partial charge is 0.191 e. The maximum Gasteiger partial charge on any atom is 0.191 e. The van der Waals surface area contributed by atoms with Gasteiger partial charge in [0.05, 0.1) is 0 Å². The molecule has 0 amide bonds. The molecule has 0 aliphatic carbocycles. The van der Waals surface area contributed by atoms with E-state index in [-0.39, 0.29) is 0 Å². The van der Waals surface area contributed by atoms with Crippen molar-refractivity contribution in [3.8, 4) is 0 Å². The van der Waals surface area contributed by atoms with Crippen LogP contribution in [0.1, 0.15) is 30.0 Å². The van der Waals surface area contributed by atoms with Gasteiger partial charge in [-0.3, -0.25) is 9.89 Å². The van der Waals surface area contributed by atoms with Crippen LogP contribution in [0.3, 0.4) is 0 Å². The molecule has 1 atom stereocenters. The van der Waals surface area contributed by atoms with Crippen molar-refractivity contribution in [3.63, 3.8) is 0 Å². The zero-order chi connectivity index (χ0) is 19.8. The van der Waals surface area contributed by atoms with E-state index >= 15 is 0 Å². The summed E-state index contributed by atoms with van der Waals surface area (Å²) < 4.78 is 0. The molecule has 0 saturated heterocycles. The number of aromatic nitrogens is 1. The molecule has 2 N–H and O–H groups in total. The van der Waals surface area contributed by atoms with E-state index in [4.69, 9.17) is 11.6 Å². The van der Waals surface area contributed by atoms with Gasteiger partial charge in [0, 0.05) is 45.5 Å². The Balaban J connectivity index is 1.46. The van der Waals surface area contributed by atoms with Crippen LogP contribution in [0, 0.1) is 0 Å². The zero-order valence-corrected chi connectivity index (χ0v) is 17.5. The fourth-order valence-electron chi connectivity index (χ4n) is 3.68. The molecule has 2 heterocycles. The van der Waals surface area contributed by atoms with E-state index in [1.54, 1.807) is 0 Å². The molecule has 0 saturated carbocycles. The molecule has 3 rings (SSSR count). The highest BCUT2D eigenvalue weighted by molar-refractivity contribution is 6.29. The predicted molar refractivity (Wildman–Crippen MR) is 117 cm³/mol. The van der Waals surface area contributed by atoms with E-state index in [1.165, 1.54) is 11.1 Å². The van der Waals surface area contributed by atoms with Crippen LogP contribution in [-0.2, 0) is 19.4 Å². The van der Waals surface area contributed by atoms with Crippen molar-refractivity contribution in [2.45, 2.75) is 38.8 Å². The summed E-state index contributed by atoms with van der Waals surface area (Å²) >= 11 is 5.84. The highest BCUT2D eigenvalue weighted by Gasteiger charge is 2.22. The maximum atomic E-state index is 5.84. The molecule has 0 fully saturated rings. The second-order valence-corrected chi connectivity index (χ2v) is 7.56. The lowest BCUT2D eigenvalue weighted by Gasteiger charge is -2.35. The van der Waals surface area contributed by atoms with Crippen LogP contribution in [0.4, 0.5) is 0 Å². The number of nitrogens with zero attached hydrogens (tertiary/aromatic N) is 3. The number of aliphatic imine (C=N–C) groups is 1. The molecule has 5 nitrogen and oxygen atoms in total. The molecular formula is C22H30ClN5. The molecule has 1 aromatic heterocycles. The van der Waals surface area contributed by atoms with Gasteiger partial charge >= 0.3 is 0 Å². The second kappa shape index (κ2) is 10.4. The summed E-state index contributed by atoms with van der Waals surface area (Å²) in [6, 6.07) is 13.1. The third-order valence-corrected chi connectivity index (χ3v) is 5.59. The standard InChI is InChI=1S/C22H30ClN5/c1-3-20(28-13-11-18-6-4-5-7-19(18)16-28)15-27-22(24-2)25-12-10-17-8-9-21(23)26-14-17/h4-9,14,20H,3,10-13,15-16H2,1-2H3,(H2,24,25,27). The normalized spacial score (nSPS) is 15.8. The average Bonchev–Trinajstić information content (AvgIpc) is 2.74. The van der Waals surface area contributed by atoms with E-state index in [1.807, 2.05) is 25.4 Å². The first-order valence-electron chi connectivity index (χ1n) is 10.1. The number of benzene rings is 1. The van der Waals surface area contributed by atoms with Crippen LogP contribution in [0.5, 0.6) is 0 Å². The van der Waals surface area contributed by atoms with E-state index in [0.29, 0.717) is 11.2 Å². The van der Waals surface area contributed by atoms with Gasteiger partial charge in [-0.15, -0.1) is 0 Å². The summed E-state index contributed by atoms with van der Waals surface area (Å²) in [7, 11) is 1.82. The van der Waals surface area contributed by atoms with Gasteiger partial charge in [0.15, 0.2) is 5.96 Å². The summed E-state index contributed by atoms with van der Waals surface area (Å²) in [5.41, 5.74) is 4.12. The van der Waals surface area contributed by atoms with Gasteiger partial charge in [0.1, 0.15) is 5.15 Å². The van der Waals surface area contributed by atoms with Crippen molar-refractivity contribution < 1.29 is 0 Å². The molecule has 1 aromatic carbocycles. The van der Waals surface area contributed by atoms with Crippen molar-refractivity contribution in [3.05, 3.63) is 64.4 Å². The molecule has 0 spiro atoms. The minimum Gasteiger partial charge on any atom is -0.356 e. The predicted octanol–water partition coefficient (Wildman–Crippen LogP) is 3.28. The maximum absolute atomic E-state index is 5.84. The summed E-state index contributed by atoms with van der Waals surface area (Å²) in [5, 5.41) is 7.42. The molecule has 150 valence electrons. The van der Waals surface area contributed by atoms with E-state index < -0.39 is 0 Å². The first-order chi connectivity index (χ1) is 13.7. The lowest BCUT2D eigenvalue weighted by atomic mass is 9.98. The Morgan fingerprint density at radius 3 is 2.75 bits per heavy atom. The molecule has 1 unspecified atom stereocenters. The van der Waals surface area contributed by atoms with Gasteiger partial charge in [-0.1, -0.05) is 48.9 Å². The third-order valence-electron chi connectivity index (χ3n) is 5.37. The Kier molecular flexibility index (Phi) is 7.69. The molecule has 2 aromatic rings. The highest BCUT2D eigenvalue weighted by atomic mass is 35.5. The Labute approximate surface area is 173 Å². The molecule has 6 heteroatoms. The fraction of sp³-hybridized carbons (Fsp3) is 0.455. The number of halogens is 1. The van der Waals surface area contributed by atoms with Gasteiger partial charge in [0.25, 0.3) is 0 Å². The molecule has 28 heavy (non-hydrogen) atoms. The number of nitrogens with one attached hydrogen (secondary N) is 2. The van der Waals surface area contributed by atoms with Crippen molar-refractivity contribution in [1.82, 2.24) is 20.5 Å². The quantitative estimate of drug-likeness (QED) is 0.426. The number of fused-ring (bicyclic) bond motifs is 1. The fourth-order valence-corrected chi connectivity index (χ4v) is 3.79. The average molecular weight is 400 g/mol. The van der Waals surface area contributed by atoms with Crippen molar-refractivity contribution >= 4 is 17.6 Å². The van der Waals surface area contributed by atoms with Crippen LogP contribution < -0.4 is 10.6 Å².